The number of rotatable bonds is 2. The third-order valence-electron chi connectivity index (χ3n) is 2.64. The first-order valence-corrected chi connectivity index (χ1v) is 6.55. The monoisotopic (exact) mass is 241 g/mol. The standard InChI is InChI=1S/C11H12FNO2S/c12-10-3-1-2-9(8-14)11(10)13-4-6-16(15)7-5-13/h1-3,8H,4-7H2. The zero-order chi connectivity index (χ0) is 11.5. The summed E-state index contributed by atoms with van der Waals surface area (Å²) in [7, 11) is -0.802. The molecule has 1 aliphatic rings. The van der Waals surface area contributed by atoms with Crippen LogP contribution in [-0.2, 0) is 10.8 Å². The van der Waals surface area contributed by atoms with Crippen LogP contribution in [0.1, 0.15) is 10.4 Å². The lowest BCUT2D eigenvalue weighted by Gasteiger charge is -2.29. The van der Waals surface area contributed by atoms with Crippen LogP contribution < -0.4 is 4.90 Å². The first kappa shape index (κ1) is 11.3. The number of anilines is 1. The van der Waals surface area contributed by atoms with Crippen molar-refractivity contribution in [3.05, 3.63) is 29.6 Å². The van der Waals surface area contributed by atoms with Crippen LogP contribution >= 0.6 is 0 Å². The Balaban J connectivity index is 2.32. The molecule has 0 atom stereocenters. The highest BCUT2D eigenvalue weighted by Crippen LogP contribution is 2.24. The predicted octanol–water partition coefficient (Wildman–Crippen LogP) is 1.21. The number of halogens is 1. The van der Waals surface area contributed by atoms with Crippen molar-refractivity contribution in [2.24, 2.45) is 0 Å². The maximum atomic E-state index is 13.6. The minimum Gasteiger partial charge on any atom is -0.367 e. The highest BCUT2D eigenvalue weighted by molar-refractivity contribution is 7.85. The smallest absolute Gasteiger partial charge is 0.152 e. The van der Waals surface area contributed by atoms with Crippen LogP contribution in [0.4, 0.5) is 10.1 Å². The van der Waals surface area contributed by atoms with Crippen LogP contribution in [0.5, 0.6) is 0 Å². The Morgan fingerprint density at radius 3 is 2.62 bits per heavy atom. The van der Waals surface area contributed by atoms with Gasteiger partial charge in [-0.15, -0.1) is 0 Å². The Morgan fingerprint density at radius 2 is 2.00 bits per heavy atom. The average molecular weight is 241 g/mol. The summed E-state index contributed by atoms with van der Waals surface area (Å²) in [4.78, 5) is 12.6. The number of hydrogen-bond donors (Lipinski definition) is 0. The molecule has 0 radical (unpaired) electrons. The maximum absolute atomic E-state index is 13.6. The molecule has 1 saturated heterocycles. The number of carbonyl (C=O) groups excluding carboxylic acids is 1. The number of benzene rings is 1. The third-order valence-corrected chi connectivity index (χ3v) is 3.91. The number of para-hydroxylation sites is 1. The summed E-state index contributed by atoms with van der Waals surface area (Å²) in [5, 5.41) is 0. The molecule has 1 fully saturated rings. The Hall–Kier alpha value is -1.23. The summed E-state index contributed by atoms with van der Waals surface area (Å²) in [6.45, 7) is 1.07. The molecule has 1 aromatic rings. The second kappa shape index (κ2) is 4.74. The van der Waals surface area contributed by atoms with Crippen molar-refractivity contribution >= 4 is 22.8 Å². The minimum absolute atomic E-state index is 0.342. The van der Waals surface area contributed by atoms with Crippen LogP contribution in [0.25, 0.3) is 0 Å². The molecule has 0 amide bonds. The normalized spacial score (nSPS) is 17.4. The molecular formula is C11H12FNO2S. The molecule has 0 unspecified atom stereocenters. The van der Waals surface area contributed by atoms with Crippen molar-refractivity contribution in [2.45, 2.75) is 0 Å². The quantitative estimate of drug-likeness (QED) is 0.730. The van der Waals surface area contributed by atoms with Gasteiger partial charge in [-0.2, -0.15) is 0 Å². The fourth-order valence-electron chi connectivity index (χ4n) is 1.82. The molecule has 0 N–H and O–H groups in total. The van der Waals surface area contributed by atoms with Gasteiger partial charge in [-0.1, -0.05) is 6.07 Å². The van der Waals surface area contributed by atoms with E-state index in [9.17, 15) is 13.4 Å². The zero-order valence-electron chi connectivity index (χ0n) is 8.69. The first-order chi connectivity index (χ1) is 7.72. The molecule has 0 aromatic heterocycles. The average Bonchev–Trinajstić information content (AvgIpc) is 2.30. The maximum Gasteiger partial charge on any atom is 0.152 e. The summed E-state index contributed by atoms with van der Waals surface area (Å²) < 4.78 is 24.8. The van der Waals surface area contributed by atoms with Gasteiger partial charge in [-0.3, -0.25) is 9.00 Å². The van der Waals surface area contributed by atoms with Gasteiger partial charge < -0.3 is 4.90 Å². The van der Waals surface area contributed by atoms with Crippen molar-refractivity contribution in [3.8, 4) is 0 Å². The van der Waals surface area contributed by atoms with E-state index in [2.05, 4.69) is 0 Å². The number of hydrogen-bond acceptors (Lipinski definition) is 3. The summed E-state index contributed by atoms with van der Waals surface area (Å²) in [6, 6.07) is 4.45. The van der Waals surface area contributed by atoms with Gasteiger partial charge in [0.15, 0.2) is 6.29 Å². The van der Waals surface area contributed by atoms with E-state index in [0.717, 1.165) is 0 Å². The molecule has 1 aromatic carbocycles. The van der Waals surface area contributed by atoms with E-state index in [0.29, 0.717) is 42.1 Å². The molecule has 0 saturated carbocycles. The van der Waals surface area contributed by atoms with Crippen LogP contribution in [0.2, 0.25) is 0 Å². The lowest BCUT2D eigenvalue weighted by Crippen LogP contribution is -2.38. The third kappa shape index (κ3) is 2.14. The lowest BCUT2D eigenvalue weighted by molar-refractivity contribution is 0.112. The van der Waals surface area contributed by atoms with E-state index in [1.807, 2.05) is 0 Å². The molecule has 1 heterocycles. The number of aldehydes is 1. The van der Waals surface area contributed by atoms with Crippen LogP contribution in [0.3, 0.4) is 0 Å². The van der Waals surface area contributed by atoms with Gasteiger partial charge in [0.1, 0.15) is 5.82 Å². The molecule has 86 valence electrons. The molecule has 0 aliphatic carbocycles. The Labute approximate surface area is 95.7 Å². The van der Waals surface area contributed by atoms with E-state index in [1.54, 1.807) is 11.0 Å². The topological polar surface area (TPSA) is 37.4 Å². The highest BCUT2D eigenvalue weighted by Gasteiger charge is 2.20. The molecule has 1 aliphatic heterocycles. The molecule has 3 nitrogen and oxygen atoms in total. The number of carbonyl (C=O) groups is 1. The molecular weight excluding hydrogens is 229 g/mol. The second-order valence-electron chi connectivity index (χ2n) is 3.63. The van der Waals surface area contributed by atoms with E-state index >= 15 is 0 Å². The van der Waals surface area contributed by atoms with E-state index in [4.69, 9.17) is 0 Å². The van der Waals surface area contributed by atoms with Crippen LogP contribution in [0, 0.1) is 5.82 Å². The molecule has 0 bridgehead atoms. The summed E-state index contributed by atoms with van der Waals surface area (Å²) in [5.74, 6) is 0.677. The van der Waals surface area contributed by atoms with Crippen molar-refractivity contribution in [2.75, 3.05) is 29.5 Å². The van der Waals surface area contributed by atoms with Crippen molar-refractivity contribution in [1.82, 2.24) is 0 Å². The summed E-state index contributed by atoms with van der Waals surface area (Å²) in [5.41, 5.74) is 0.696. The minimum atomic E-state index is -0.802. The molecule has 16 heavy (non-hydrogen) atoms. The van der Waals surface area contributed by atoms with Gasteiger partial charge >= 0.3 is 0 Å². The SMILES string of the molecule is O=Cc1cccc(F)c1N1CCS(=O)CC1. The van der Waals surface area contributed by atoms with Crippen molar-refractivity contribution in [1.29, 1.82) is 0 Å². The molecule has 2 rings (SSSR count). The molecule has 5 heteroatoms. The van der Waals surface area contributed by atoms with Crippen LogP contribution in [0.15, 0.2) is 18.2 Å². The number of nitrogens with zero attached hydrogens (tertiary/aromatic N) is 1. The summed E-state index contributed by atoms with van der Waals surface area (Å²) >= 11 is 0. The van der Waals surface area contributed by atoms with Gasteiger partial charge in [0.05, 0.1) is 5.69 Å². The van der Waals surface area contributed by atoms with Gasteiger partial charge in [0.25, 0.3) is 0 Å². The zero-order valence-corrected chi connectivity index (χ0v) is 9.50. The van der Waals surface area contributed by atoms with E-state index in [-0.39, 0.29) is 0 Å². The van der Waals surface area contributed by atoms with Gasteiger partial charge in [0, 0.05) is 41.0 Å². The second-order valence-corrected chi connectivity index (χ2v) is 5.33. The summed E-state index contributed by atoms with van der Waals surface area (Å²) in [6.07, 6.45) is 0.657. The molecule has 0 spiro atoms. The Kier molecular flexibility index (Phi) is 3.33. The van der Waals surface area contributed by atoms with Crippen LogP contribution in [-0.4, -0.2) is 35.1 Å². The largest absolute Gasteiger partial charge is 0.367 e. The van der Waals surface area contributed by atoms with E-state index in [1.165, 1.54) is 12.1 Å². The van der Waals surface area contributed by atoms with Gasteiger partial charge in [-0.25, -0.2) is 4.39 Å². The fraction of sp³-hybridized carbons (Fsp3) is 0.364. The Morgan fingerprint density at radius 1 is 1.31 bits per heavy atom. The lowest BCUT2D eigenvalue weighted by atomic mass is 10.1. The fourth-order valence-corrected chi connectivity index (χ4v) is 2.87. The van der Waals surface area contributed by atoms with Gasteiger partial charge in [-0.05, 0) is 12.1 Å². The highest BCUT2D eigenvalue weighted by atomic mass is 32.2. The Bertz CT molecular complexity index is 426. The van der Waals surface area contributed by atoms with Gasteiger partial charge in [0.2, 0.25) is 0 Å². The van der Waals surface area contributed by atoms with Crippen molar-refractivity contribution < 1.29 is 13.4 Å². The predicted molar refractivity (Wildman–Crippen MR) is 61.9 cm³/mol. The van der Waals surface area contributed by atoms with E-state index < -0.39 is 16.6 Å². The van der Waals surface area contributed by atoms with Crippen molar-refractivity contribution in [3.63, 3.8) is 0 Å². The first-order valence-electron chi connectivity index (χ1n) is 5.06.